The van der Waals surface area contributed by atoms with Crippen LogP contribution in [-0.4, -0.2) is 10.9 Å². The predicted molar refractivity (Wildman–Crippen MR) is 71.0 cm³/mol. The average molecular weight is 291 g/mol. The third kappa shape index (κ3) is 3.14. The summed E-state index contributed by atoms with van der Waals surface area (Å²) in [6.07, 6.45) is 1.67. The van der Waals surface area contributed by atoms with Crippen molar-refractivity contribution in [2.45, 2.75) is 4.83 Å². The number of aromatic nitrogens is 1. The average Bonchev–Trinajstić information content (AvgIpc) is 2.40. The van der Waals surface area contributed by atoms with Gasteiger partial charge in [0.25, 0.3) is 0 Å². The van der Waals surface area contributed by atoms with Gasteiger partial charge in [-0.3, -0.25) is 9.78 Å². The van der Waals surface area contributed by atoms with Crippen molar-refractivity contribution < 1.29 is 4.79 Å². The van der Waals surface area contributed by atoms with Crippen LogP contribution in [0, 0.1) is 0 Å². The van der Waals surface area contributed by atoms with Crippen LogP contribution in [0.5, 0.6) is 0 Å². The lowest BCUT2D eigenvalue weighted by Gasteiger charge is -2.09. The molecule has 0 aliphatic heterocycles. The van der Waals surface area contributed by atoms with E-state index in [-0.39, 0.29) is 5.91 Å². The molecule has 1 aromatic carbocycles. The molecule has 1 unspecified atom stereocenters. The number of carbonyl (C=O) groups excluding carboxylic acids is 1. The molecule has 0 saturated carbocycles. The van der Waals surface area contributed by atoms with Gasteiger partial charge in [0.15, 0.2) is 0 Å². The zero-order valence-electron chi connectivity index (χ0n) is 9.01. The first-order valence-electron chi connectivity index (χ1n) is 5.18. The van der Waals surface area contributed by atoms with Crippen LogP contribution in [0.4, 0.5) is 5.69 Å². The van der Waals surface area contributed by atoms with E-state index in [0.29, 0.717) is 5.69 Å². The van der Waals surface area contributed by atoms with Crippen LogP contribution in [0.1, 0.15) is 10.5 Å². The van der Waals surface area contributed by atoms with Crippen molar-refractivity contribution in [2.75, 3.05) is 5.32 Å². The maximum atomic E-state index is 11.9. The number of hydrogen-bond donors (Lipinski definition) is 1. The van der Waals surface area contributed by atoms with Crippen LogP contribution >= 0.6 is 15.9 Å². The number of amides is 1. The Bertz CT molecular complexity index is 487. The van der Waals surface area contributed by atoms with Gasteiger partial charge < -0.3 is 5.32 Å². The molecule has 0 saturated heterocycles. The van der Waals surface area contributed by atoms with Crippen LogP contribution in [0.2, 0.25) is 0 Å². The van der Waals surface area contributed by atoms with E-state index < -0.39 is 4.83 Å². The summed E-state index contributed by atoms with van der Waals surface area (Å²) >= 11 is 3.33. The van der Waals surface area contributed by atoms with Crippen LogP contribution in [0.25, 0.3) is 0 Å². The second kappa shape index (κ2) is 5.59. The number of pyridine rings is 1. The molecule has 1 aromatic heterocycles. The van der Waals surface area contributed by atoms with Gasteiger partial charge in [-0.25, -0.2) is 0 Å². The minimum Gasteiger partial charge on any atom is -0.325 e. The van der Waals surface area contributed by atoms with Gasteiger partial charge >= 0.3 is 0 Å². The molecule has 1 N–H and O–H groups in total. The molecule has 1 amide bonds. The minimum atomic E-state index is -0.441. The molecule has 0 fully saturated rings. The smallest absolute Gasteiger partial charge is 0.244 e. The highest BCUT2D eigenvalue weighted by Gasteiger charge is 2.17. The summed E-state index contributed by atoms with van der Waals surface area (Å²) in [5, 5.41) is 2.81. The number of carbonyl (C=O) groups is 1. The molecule has 0 spiro atoms. The first-order chi connectivity index (χ1) is 8.27. The summed E-state index contributed by atoms with van der Waals surface area (Å²) in [5.41, 5.74) is 1.47. The topological polar surface area (TPSA) is 42.0 Å². The Balaban J connectivity index is 2.06. The highest BCUT2D eigenvalue weighted by molar-refractivity contribution is 9.09. The number of anilines is 1. The van der Waals surface area contributed by atoms with Crippen LogP contribution < -0.4 is 5.32 Å². The Labute approximate surface area is 108 Å². The van der Waals surface area contributed by atoms with E-state index in [2.05, 4.69) is 26.2 Å². The lowest BCUT2D eigenvalue weighted by molar-refractivity contribution is -0.115. The second-order valence-corrected chi connectivity index (χ2v) is 4.39. The van der Waals surface area contributed by atoms with Gasteiger partial charge in [-0.1, -0.05) is 40.2 Å². The second-order valence-electron chi connectivity index (χ2n) is 3.47. The fourth-order valence-electron chi connectivity index (χ4n) is 1.39. The van der Waals surface area contributed by atoms with Gasteiger partial charge in [0, 0.05) is 11.9 Å². The maximum Gasteiger partial charge on any atom is 0.244 e. The lowest BCUT2D eigenvalue weighted by atomic mass is 10.2. The number of rotatable bonds is 3. The Kier molecular flexibility index (Phi) is 3.88. The van der Waals surface area contributed by atoms with E-state index in [9.17, 15) is 4.79 Å². The highest BCUT2D eigenvalue weighted by atomic mass is 79.9. The summed E-state index contributed by atoms with van der Waals surface area (Å²) in [6, 6.07) is 14.8. The fourth-order valence-corrected chi connectivity index (χ4v) is 1.77. The summed E-state index contributed by atoms with van der Waals surface area (Å²) in [6.45, 7) is 0. The summed E-state index contributed by atoms with van der Waals surface area (Å²) in [5.74, 6) is -0.130. The van der Waals surface area contributed by atoms with E-state index in [4.69, 9.17) is 0 Å². The standard InChI is InChI=1S/C13H11BrN2O/c14-12(11-8-4-5-9-15-11)13(17)16-10-6-2-1-3-7-10/h1-9,12H,(H,16,17). The molecule has 0 bridgehead atoms. The number of benzene rings is 1. The number of hydrogen-bond acceptors (Lipinski definition) is 2. The van der Waals surface area contributed by atoms with Crippen molar-refractivity contribution in [1.29, 1.82) is 0 Å². The van der Waals surface area contributed by atoms with Gasteiger partial charge in [-0.15, -0.1) is 0 Å². The van der Waals surface area contributed by atoms with Crippen molar-refractivity contribution in [3.05, 3.63) is 60.4 Å². The molecule has 4 heteroatoms. The lowest BCUT2D eigenvalue weighted by Crippen LogP contribution is -2.17. The summed E-state index contributed by atoms with van der Waals surface area (Å²) in [4.78, 5) is 15.6. The number of halogens is 1. The first kappa shape index (κ1) is 11.8. The zero-order chi connectivity index (χ0) is 12.1. The van der Waals surface area contributed by atoms with Gasteiger partial charge in [0.1, 0.15) is 4.83 Å². The molecular weight excluding hydrogens is 280 g/mol. The van der Waals surface area contributed by atoms with E-state index in [1.165, 1.54) is 0 Å². The summed E-state index contributed by atoms with van der Waals surface area (Å²) in [7, 11) is 0. The maximum absolute atomic E-state index is 11.9. The summed E-state index contributed by atoms with van der Waals surface area (Å²) < 4.78 is 0. The number of nitrogens with one attached hydrogen (secondary N) is 1. The monoisotopic (exact) mass is 290 g/mol. The molecule has 86 valence electrons. The van der Waals surface area contributed by atoms with Gasteiger partial charge in [-0.2, -0.15) is 0 Å². The third-order valence-electron chi connectivity index (χ3n) is 2.22. The molecule has 1 heterocycles. The molecule has 17 heavy (non-hydrogen) atoms. The van der Waals surface area contributed by atoms with Crippen LogP contribution in [0.15, 0.2) is 54.7 Å². The van der Waals surface area contributed by atoms with E-state index in [1.54, 1.807) is 6.20 Å². The molecule has 3 nitrogen and oxygen atoms in total. The third-order valence-corrected chi connectivity index (χ3v) is 3.10. The van der Waals surface area contributed by atoms with Gasteiger partial charge in [0.2, 0.25) is 5.91 Å². The van der Waals surface area contributed by atoms with Crippen molar-refractivity contribution in [1.82, 2.24) is 4.98 Å². The quantitative estimate of drug-likeness (QED) is 0.883. The van der Waals surface area contributed by atoms with Gasteiger partial charge in [0.05, 0.1) is 5.69 Å². The molecule has 1 atom stereocenters. The van der Waals surface area contributed by atoms with Crippen molar-refractivity contribution in [2.24, 2.45) is 0 Å². The van der Waals surface area contributed by atoms with E-state index in [1.807, 2.05) is 48.5 Å². The van der Waals surface area contributed by atoms with E-state index >= 15 is 0 Å². The zero-order valence-corrected chi connectivity index (χ0v) is 10.6. The fraction of sp³-hybridized carbons (Fsp3) is 0.0769. The van der Waals surface area contributed by atoms with Crippen molar-refractivity contribution in [3.8, 4) is 0 Å². The normalized spacial score (nSPS) is 11.8. The Morgan fingerprint density at radius 1 is 1.12 bits per heavy atom. The van der Waals surface area contributed by atoms with Crippen LogP contribution in [-0.2, 0) is 4.79 Å². The molecule has 0 aliphatic rings. The number of nitrogens with zero attached hydrogens (tertiary/aromatic N) is 1. The van der Waals surface area contributed by atoms with E-state index in [0.717, 1.165) is 5.69 Å². The minimum absolute atomic E-state index is 0.130. The molecule has 2 aromatic rings. The van der Waals surface area contributed by atoms with Gasteiger partial charge in [-0.05, 0) is 24.3 Å². The Morgan fingerprint density at radius 3 is 2.47 bits per heavy atom. The number of para-hydroxylation sites is 1. The number of alkyl halides is 1. The molecular formula is C13H11BrN2O. The predicted octanol–water partition coefficient (Wildman–Crippen LogP) is 3.16. The Hall–Kier alpha value is -1.68. The Morgan fingerprint density at radius 2 is 1.82 bits per heavy atom. The van der Waals surface area contributed by atoms with Crippen LogP contribution in [0.3, 0.4) is 0 Å². The highest BCUT2D eigenvalue weighted by Crippen LogP contribution is 2.22. The first-order valence-corrected chi connectivity index (χ1v) is 6.10. The molecule has 0 radical (unpaired) electrons. The SMILES string of the molecule is O=C(Nc1ccccc1)C(Br)c1ccccn1. The molecule has 2 rings (SSSR count). The largest absolute Gasteiger partial charge is 0.325 e. The van der Waals surface area contributed by atoms with Crippen molar-refractivity contribution in [3.63, 3.8) is 0 Å². The van der Waals surface area contributed by atoms with Crippen molar-refractivity contribution >= 4 is 27.5 Å². The molecule has 0 aliphatic carbocycles.